The van der Waals surface area contributed by atoms with E-state index in [1.807, 2.05) is 6.92 Å². The molecular formula is C11H21N3O2. The van der Waals surface area contributed by atoms with Crippen molar-refractivity contribution in [1.29, 1.82) is 0 Å². The van der Waals surface area contributed by atoms with Gasteiger partial charge >= 0.3 is 0 Å². The van der Waals surface area contributed by atoms with Crippen LogP contribution >= 0.6 is 0 Å². The normalized spacial score (nSPS) is 22.9. The van der Waals surface area contributed by atoms with Crippen LogP contribution in [0.1, 0.15) is 26.2 Å². The molecule has 16 heavy (non-hydrogen) atoms. The smallest absolute Gasteiger partial charge is 0.225 e. The molecule has 4 N–H and O–H groups in total. The molecule has 0 aromatic heterocycles. The molecule has 1 aliphatic rings. The highest BCUT2D eigenvalue weighted by molar-refractivity contribution is 5.81. The summed E-state index contributed by atoms with van der Waals surface area (Å²) in [5.74, 6) is -0.445. The lowest BCUT2D eigenvalue weighted by Crippen LogP contribution is -2.46. The maximum absolute atomic E-state index is 12.0. The molecule has 1 heterocycles. The van der Waals surface area contributed by atoms with Crippen molar-refractivity contribution in [1.82, 2.24) is 4.90 Å². The number of nitrogens with zero attached hydrogens (tertiary/aromatic N) is 1. The van der Waals surface area contributed by atoms with E-state index in [1.54, 1.807) is 4.90 Å². The van der Waals surface area contributed by atoms with Gasteiger partial charge in [-0.25, -0.2) is 0 Å². The second-order valence-electron chi connectivity index (χ2n) is 4.50. The van der Waals surface area contributed by atoms with Gasteiger partial charge in [0.05, 0.1) is 5.92 Å². The minimum atomic E-state index is -0.302. The van der Waals surface area contributed by atoms with Crippen LogP contribution in [0.25, 0.3) is 0 Å². The van der Waals surface area contributed by atoms with Gasteiger partial charge in [-0.3, -0.25) is 9.59 Å². The van der Waals surface area contributed by atoms with Crippen molar-refractivity contribution in [2.45, 2.75) is 26.2 Å². The Bertz CT molecular complexity index is 268. The quantitative estimate of drug-likeness (QED) is 0.690. The number of hydrogen-bond acceptors (Lipinski definition) is 3. The highest BCUT2D eigenvalue weighted by atomic mass is 16.2. The van der Waals surface area contributed by atoms with Crippen LogP contribution in [0.5, 0.6) is 0 Å². The molecule has 1 fully saturated rings. The van der Waals surface area contributed by atoms with E-state index in [-0.39, 0.29) is 23.7 Å². The first-order chi connectivity index (χ1) is 7.56. The zero-order chi connectivity index (χ0) is 12.1. The van der Waals surface area contributed by atoms with Gasteiger partial charge in [0.1, 0.15) is 0 Å². The monoisotopic (exact) mass is 227 g/mol. The summed E-state index contributed by atoms with van der Waals surface area (Å²) in [6.45, 7) is 3.60. The van der Waals surface area contributed by atoms with Crippen LogP contribution in [0.4, 0.5) is 0 Å². The molecule has 5 heteroatoms. The summed E-state index contributed by atoms with van der Waals surface area (Å²) in [5.41, 5.74) is 10.7. The third-order valence-electron chi connectivity index (χ3n) is 3.16. The van der Waals surface area contributed by atoms with Gasteiger partial charge in [-0.1, -0.05) is 6.92 Å². The minimum Gasteiger partial charge on any atom is -0.369 e. The molecular weight excluding hydrogens is 206 g/mol. The van der Waals surface area contributed by atoms with E-state index in [4.69, 9.17) is 11.5 Å². The molecule has 0 aromatic carbocycles. The number of hydrogen-bond donors (Lipinski definition) is 2. The largest absolute Gasteiger partial charge is 0.369 e. The first-order valence-corrected chi connectivity index (χ1v) is 5.84. The SMILES string of the molecule is CC(CCN)C(=O)N1CCCC(C(N)=O)C1. The van der Waals surface area contributed by atoms with Crippen LogP contribution in [0.3, 0.4) is 0 Å². The topological polar surface area (TPSA) is 89.4 Å². The lowest BCUT2D eigenvalue weighted by molar-refractivity contribution is -0.138. The van der Waals surface area contributed by atoms with Gasteiger partial charge in [-0.05, 0) is 25.8 Å². The highest BCUT2D eigenvalue weighted by Crippen LogP contribution is 2.18. The van der Waals surface area contributed by atoms with Crippen molar-refractivity contribution in [2.75, 3.05) is 19.6 Å². The van der Waals surface area contributed by atoms with Gasteiger partial charge in [0.2, 0.25) is 11.8 Å². The number of rotatable bonds is 4. The summed E-state index contributed by atoms with van der Waals surface area (Å²) in [6, 6.07) is 0. The third kappa shape index (κ3) is 3.20. The summed E-state index contributed by atoms with van der Waals surface area (Å²) < 4.78 is 0. The lowest BCUT2D eigenvalue weighted by Gasteiger charge is -2.33. The molecule has 92 valence electrons. The van der Waals surface area contributed by atoms with Crippen LogP contribution in [-0.4, -0.2) is 36.3 Å². The molecule has 0 aromatic rings. The molecule has 0 aliphatic carbocycles. The summed E-state index contributed by atoms with van der Waals surface area (Å²) in [7, 11) is 0. The van der Waals surface area contributed by atoms with E-state index >= 15 is 0 Å². The molecule has 0 spiro atoms. The van der Waals surface area contributed by atoms with E-state index in [1.165, 1.54) is 0 Å². The molecule has 2 atom stereocenters. The Morgan fingerprint density at radius 3 is 2.75 bits per heavy atom. The van der Waals surface area contributed by atoms with Gasteiger partial charge in [-0.2, -0.15) is 0 Å². The fourth-order valence-corrected chi connectivity index (χ4v) is 2.09. The summed E-state index contributed by atoms with van der Waals surface area (Å²) in [5, 5.41) is 0. The van der Waals surface area contributed by atoms with Gasteiger partial charge in [0.15, 0.2) is 0 Å². The molecule has 1 rings (SSSR count). The van der Waals surface area contributed by atoms with Crippen LogP contribution in [0.15, 0.2) is 0 Å². The fourth-order valence-electron chi connectivity index (χ4n) is 2.09. The molecule has 1 saturated heterocycles. The highest BCUT2D eigenvalue weighted by Gasteiger charge is 2.28. The van der Waals surface area contributed by atoms with Crippen molar-refractivity contribution in [3.8, 4) is 0 Å². The van der Waals surface area contributed by atoms with Gasteiger partial charge < -0.3 is 16.4 Å². The summed E-state index contributed by atoms with van der Waals surface area (Å²) >= 11 is 0. The van der Waals surface area contributed by atoms with Crippen molar-refractivity contribution < 1.29 is 9.59 Å². The number of primary amides is 1. The fraction of sp³-hybridized carbons (Fsp3) is 0.818. The summed E-state index contributed by atoms with van der Waals surface area (Å²) in [4.78, 5) is 24.8. The molecule has 5 nitrogen and oxygen atoms in total. The van der Waals surface area contributed by atoms with Crippen molar-refractivity contribution in [2.24, 2.45) is 23.3 Å². The number of carbonyl (C=O) groups is 2. The predicted octanol–water partition coefficient (Wildman–Crippen LogP) is -0.305. The molecule has 1 aliphatic heterocycles. The number of piperidine rings is 1. The average molecular weight is 227 g/mol. The Kier molecular flexibility index (Phi) is 4.73. The van der Waals surface area contributed by atoms with E-state index in [2.05, 4.69) is 0 Å². The summed E-state index contributed by atoms with van der Waals surface area (Å²) in [6.07, 6.45) is 2.34. The second kappa shape index (κ2) is 5.84. The number of nitrogens with two attached hydrogens (primary N) is 2. The Balaban J connectivity index is 2.53. The van der Waals surface area contributed by atoms with E-state index in [0.29, 0.717) is 19.5 Å². The molecule has 0 radical (unpaired) electrons. The zero-order valence-electron chi connectivity index (χ0n) is 9.82. The van der Waals surface area contributed by atoms with Crippen molar-refractivity contribution in [3.63, 3.8) is 0 Å². The average Bonchev–Trinajstić information content (AvgIpc) is 2.28. The number of carbonyl (C=O) groups excluding carboxylic acids is 2. The van der Waals surface area contributed by atoms with Gasteiger partial charge in [0, 0.05) is 19.0 Å². The Morgan fingerprint density at radius 2 is 2.19 bits per heavy atom. The molecule has 0 saturated carbocycles. The van der Waals surface area contributed by atoms with Crippen LogP contribution in [0, 0.1) is 11.8 Å². The predicted molar refractivity (Wildman–Crippen MR) is 61.3 cm³/mol. The molecule has 0 bridgehead atoms. The maximum Gasteiger partial charge on any atom is 0.225 e. The van der Waals surface area contributed by atoms with Gasteiger partial charge in [-0.15, -0.1) is 0 Å². The van der Waals surface area contributed by atoms with Crippen LogP contribution < -0.4 is 11.5 Å². The van der Waals surface area contributed by atoms with Crippen LogP contribution in [0.2, 0.25) is 0 Å². The standard InChI is InChI=1S/C11H21N3O2/c1-8(4-5-12)11(16)14-6-2-3-9(7-14)10(13)15/h8-9H,2-7,12H2,1H3,(H2,13,15). The molecule has 2 amide bonds. The Morgan fingerprint density at radius 1 is 1.50 bits per heavy atom. The third-order valence-corrected chi connectivity index (χ3v) is 3.16. The van der Waals surface area contributed by atoms with Crippen molar-refractivity contribution in [3.05, 3.63) is 0 Å². The van der Waals surface area contributed by atoms with E-state index < -0.39 is 0 Å². The minimum absolute atomic E-state index is 0.0587. The maximum atomic E-state index is 12.0. The second-order valence-corrected chi connectivity index (χ2v) is 4.50. The number of amides is 2. The first kappa shape index (κ1) is 13.0. The zero-order valence-corrected chi connectivity index (χ0v) is 9.82. The van der Waals surface area contributed by atoms with Gasteiger partial charge in [0.25, 0.3) is 0 Å². The van der Waals surface area contributed by atoms with Crippen molar-refractivity contribution >= 4 is 11.8 Å². The van der Waals surface area contributed by atoms with E-state index in [0.717, 1.165) is 19.4 Å². The Hall–Kier alpha value is -1.10. The van der Waals surface area contributed by atoms with Crippen LogP contribution in [-0.2, 0) is 9.59 Å². The number of likely N-dealkylation sites (tertiary alicyclic amines) is 1. The Labute approximate surface area is 96.1 Å². The van der Waals surface area contributed by atoms with E-state index in [9.17, 15) is 9.59 Å². The molecule has 2 unspecified atom stereocenters. The first-order valence-electron chi connectivity index (χ1n) is 5.84. The lowest BCUT2D eigenvalue weighted by atomic mass is 9.95.